The zero-order valence-electron chi connectivity index (χ0n) is 13.7. The second kappa shape index (κ2) is 6.46. The number of nitrogens with zero attached hydrogens (tertiary/aromatic N) is 2. The standard InChI is InChI=1S/C19H19N3O2S/c23-25(24,21-19-8-4-7-16-13-20-11-9-18(16)19)22-12-10-17(14-22)15-5-2-1-3-6-15/h1-9,11,13,17,21H,10,12,14H2. The Kier molecular flexibility index (Phi) is 4.15. The maximum atomic E-state index is 12.8. The third-order valence-electron chi connectivity index (χ3n) is 4.68. The average Bonchev–Trinajstić information content (AvgIpc) is 3.14. The number of rotatable bonds is 4. The summed E-state index contributed by atoms with van der Waals surface area (Å²) in [5.74, 6) is 0.245. The van der Waals surface area contributed by atoms with Gasteiger partial charge in [0.25, 0.3) is 0 Å². The fraction of sp³-hybridized carbons (Fsp3) is 0.211. The summed E-state index contributed by atoms with van der Waals surface area (Å²) in [7, 11) is -3.58. The van der Waals surface area contributed by atoms with E-state index in [4.69, 9.17) is 0 Å². The van der Waals surface area contributed by atoms with Crippen molar-refractivity contribution in [3.05, 3.63) is 72.6 Å². The van der Waals surface area contributed by atoms with Crippen LogP contribution in [0.15, 0.2) is 67.0 Å². The molecule has 0 amide bonds. The lowest BCUT2D eigenvalue weighted by Gasteiger charge is -2.19. The Labute approximate surface area is 147 Å². The van der Waals surface area contributed by atoms with Crippen molar-refractivity contribution in [1.29, 1.82) is 0 Å². The fourth-order valence-electron chi connectivity index (χ4n) is 3.36. The molecule has 0 bridgehead atoms. The molecule has 1 aliphatic heterocycles. The summed E-state index contributed by atoms with van der Waals surface area (Å²) in [5, 5.41) is 1.76. The molecule has 2 aromatic carbocycles. The fourth-order valence-corrected chi connectivity index (χ4v) is 4.67. The van der Waals surface area contributed by atoms with E-state index in [1.165, 1.54) is 9.87 Å². The summed E-state index contributed by atoms with van der Waals surface area (Å²) >= 11 is 0. The van der Waals surface area contributed by atoms with Gasteiger partial charge in [0.05, 0.1) is 5.69 Å². The quantitative estimate of drug-likeness (QED) is 0.782. The molecular formula is C19H19N3O2S. The van der Waals surface area contributed by atoms with Gasteiger partial charge in [0.2, 0.25) is 0 Å². The zero-order chi connectivity index (χ0) is 17.3. The minimum Gasteiger partial charge on any atom is -0.270 e. The Morgan fingerprint density at radius 3 is 2.72 bits per heavy atom. The van der Waals surface area contributed by atoms with Crippen LogP contribution in [0.1, 0.15) is 17.9 Å². The van der Waals surface area contributed by atoms with Crippen LogP contribution in [0.4, 0.5) is 5.69 Å². The van der Waals surface area contributed by atoms with Crippen LogP contribution in [0.2, 0.25) is 0 Å². The van der Waals surface area contributed by atoms with Gasteiger partial charge >= 0.3 is 10.2 Å². The molecule has 0 radical (unpaired) electrons. The summed E-state index contributed by atoms with van der Waals surface area (Å²) in [5.41, 5.74) is 1.78. The third-order valence-corrected chi connectivity index (χ3v) is 6.17. The van der Waals surface area contributed by atoms with Crippen LogP contribution >= 0.6 is 0 Å². The monoisotopic (exact) mass is 353 g/mol. The largest absolute Gasteiger partial charge is 0.301 e. The minimum atomic E-state index is -3.58. The zero-order valence-corrected chi connectivity index (χ0v) is 14.5. The van der Waals surface area contributed by atoms with Crippen molar-refractivity contribution >= 4 is 26.7 Å². The second-order valence-electron chi connectivity index (χ2n) is 6.26. The highest BCUT2D eigenvalue weighted by Crippen LogP contribution is 2.30. The van der Waals surface area contributed by atoms with Crippen molar-refractivity contribution in [3.8, 4) is 0 Å². The lowest BCUT2D eigenvalue weighted by Crippen LogP contribution is -2.34. The van der Waals surface area contributed by atoms with E-state index in [9.17, 15) is 8.42 Å². The lowest BCUT2D eigenvalue weighted by atomic mass is 9.99. The highest BCUT2D eigenvalue weighted by Gasteiger charge is 2.32. The number of anilines is 1. The van der Waals surface area contributed by atoms with Gasteiger partial charge in [-0.05, 0) is 30.0 Å². The molecule has 0 spiro atoms. The van der Waals surface area contributed by atoms with Crippen LogP contribution in [0.25, 0.3) is 10.8 Å². The highest BCUT2D eigenvalue weighted by molar-refractivity contribution is 7.90. The van der Waals surface area contributed by atoms with Crippen molar-refractivity contribution in [2.45, 2.75) is 12.3 Å². The van der Waals surface area contributed by atoms with Gasteiger partial charge in [-0.1, -0.05) is 42.5 Å². The number of fused-ring (bicyclic) bond motifs is 1. The maximum absolute atomic E-state index is 12.8. The van der Waals surface area contributed by atoms with Gasteiger partial charge in [-0.15, -0.1) is 0 Å². The van der Waals surface area contributed by atoms with Crippen molar-refractivity contribution < 1.29 is 8.42 Å². The summed E-state index contributed by atoms with van der Waals surface area (Å²) in [4.78, 5) is 4.08. The number of hydrogen-bond acceptors (Lipinski definition) is 3. The van der Waals surface area contributed by atoms with E-state index >= 15 is 0 Å². The molecule has 1 saturated heterocycles. The van der Waals surface area contributed by atoms with Gasteiger partial charge in [-0.2, -0.15) is 12.7 Å². The summed E-state index contributed by atoms with van der Waals surface area (Å²) < 4.78 is 29.9. The first kappa shape index (κ1) is 16.1. The molecule has 25 heavy (non-hydrogen) atoms. The van der Waals surface area contributed by atoms with Crippen molar-refractivity contribution in [2.75, 3.05) is 17.8 Å². The first-order chi connectivity index (χ1) is 12.1. The number of benzene rings is 2. The number of hydrogen-bond donors (Lipinski definition) is 1. The normalized spacial score (nSPS) is 18.5. The van der Waals surface area contributed by atoms with Gasteiger partial charge in [-0.3, -0.25) is 9.71 Å². The lowest BCUT2D eigenvalue weighted by molar-refractivity contribution is 0.478. The summed E-state index contributed by atoms with van der Waals surface area (Å²) in [6.45, 7) is 1.03. The molecule has 6 heteroatoms. The Hall–Kier alpha value is -2.44. The molecule has 0 aliphatic carbocycles. The first-order valence-electron chi connectivity index (χ1n) is 8.29. The summed E-state index contributed by atoms with van der Waals surface area (Å²) in [6.07, 6.45) is 4.24. The van der Waals surface area contributed by atoms with Crippen molar-refractivity contribution in [3.63, 3.8) is 0 Å². The predicted molar refractivity (Wildman–Crippen MR) is 99.7 cm³/mol. The third kappa shape index (κ3) is 3.23. The summed E-state index contributed by atoms with van der Waals surface area (Å²) in [6, 6.07) is 17.4. The first-order valence-corrected chi connectivity index (χ1v) is 9.73. The molecule has 0 saturated carbocycles. The van der Waals surface area contributed by atoms with E-state index in [-0.39, 0.29) is 5.92 Å². The van der Waals surface area contributed by atoms with E-state index in [2.05, 4.69) is 21.8 Å². The van der Waals surface area contributed by atoms with Gasteiger partial charge < -0.3 is 0 Å². The Balaban J connectivity index is 1.56. The molecule has 1 atom stereocenters. The number of pyridine rings is 1. The number of nitrogens with one attached hydrogen (secondary N) is 1. The molecule has 5 nitrogen and oxygen atoms in total. The van der Waals surface area contributed by atoms with E-state index in [1.807, 2.05) is 36.4 Å². The Bertz CT molecular complexity index is 984. The van der Waals surface area contributed by atoms with Crippen molar-refractivity contribution in [2.24, 2.45) is 0 Å². The van der Waals surface area contributed by atoms with Crippen LogP contribution in [0, 0.1) is 0 Å². The molecule has 1 N–H and O–H groups in total. The number of aromatic nitrogens is 1. The van der Waals surface area contributed by atoms with Crippen LogP contribution in [0.3, 0.4) is 0 Å². The van der Waals surface area contributed by atoms with Crippen LogP contribution < -0.4 is 4.72 Å². The molecule has 1 fully saturated rings. The van der Waals surface area contributed by atoms with Crippen LogP contribution in [-0.4, -0.2) is 30.8 Å². The Morgan fingerprint density at radius 1 is 1.04 bits per heavy atom. The smallest absolute Gasteiger partial charge is 0.270 e. The Morgan fingerprint density at radius 2 is 1.88 bits per heavy atom. The molecule has 3 aromatic rings. The molecule has 1 aromatic heterocycles. The topological polar surface area (TPSA) is 62.3 Å². The van der Waals surface area contributed by atoms with E-state index in [1.54, 1.807) is 18.5 Å². The molecular weight excluding hydrogens is 334 g/mol. The minimum absolute atomic E-state index is 0.245. The molecule has 1 aliphatic rings. The van der Waals surface area contributed by atoms with E-state index in [0.29, 0.717) is 18.8 Å². The average molecular weight is 353 g/mol. The van der Waals surface area contributed by atoms with Crippen LogP contribution in [0.5, 0.6) is 0 Å². The van der Waals surface area contributed by atoms with Gasteiger partial charge in [0.1, 0.15) is 0 Å². The van der Waals surface area contributed by atoms with Gasteiger partial charge in [0.15, 0.2) is 0 Å². The molecule has 2 heterocycles. The molecule has 4 rings (SSSR count). The van der Waals surface area contributed by atoms with Crippen molar-refractivity contribution in [1.82, 2.24) is 9.29 Å². The predicted octanol–water partition coefficient (Wildman–Crippen LogP) is 3.38. The van der Waals surface area contributed by atoms with E-state index < -0.39 is 10.2 Å². The van der Waals surface area contributed by atoms with Gasteiger partial charge in [0, 0.05) is 36.3 Å². The maximum Gasteiger partial charge on any atom is 0.301 e. The second-order valence-corrected chi connectivity index (χ2v) is 7.93. The molecule has 1 unspecified atom stereocenters. The molecule has 128 valence electrons. The van der Waals surface area contributed by atoms with Crippen LogP contribution in [-0.2, 0) is 10.2 Å². The highest BCUT2D eigenvalue weighted by atomic mass is 32.2. The van der Waals surface area contributed by atoms with Gasteiger partial charge in [-0.25, -0.2) is 0 Å². The van der Waals surface area contributed by atoms with E-state index in [0.717, 1.165) is 17.2 Å². The SMILES string of the molecule is O=S(=O)(Nc1cccc2cnccc12)N1CCC(c2ccccc2)C1.